The molecule has 1 aliphatic rings. The first-order chi connectivity index (χ1) is 14.6. The number of benzene rings is 1. The van der Waals surface area contributed by atoms with Crippen LogP contribution in [0.3, 0.4) is 0 Å². The molecule has 1 unspecified atom stereocenters. The van der Waals surface area contributed by atoms with Crippen LogP contribution in [0.15, 0.2) is 61.3 Å². The number of piperidine rings is 1. The molecule has 2 amide bonds. The molecule has 154 valence electrons. The quantitative estimate of drug-likeness (QED) is 0.683. The van der Waals surface area contributed by atoms with Gasteiger partial charge in [0.2, 0.25) is 5.91 Å². The summed E-state index contributed by atoms with van der Waals surface area (Å²) in [5.74, 6) is 0.449. The van der Waals surface area contributed by atoms with Crippen LogP contribution in [0.2, 0.25) is 5.02 Å². The van der Waals surface area contributed by atoms with Crippen LogP contribution in [0.25, 0.3) is 5.82 Å². The Morgan fingerprint density at radius 3 is 2.70 bits per heavy atom. The van der Waals surface area contributed by atoms with Gasteiger partial charge in [0, 0.05) is 48.8 Å². The van der Waals surface area contributed by atoms with E-state index in [2.05, 4.69) is 15.3 Å². The molecule has 0 bridgehead atoms. The van der Waals surface area contributed by atoms with E-state index in [-0.39, 0.29) is 17.7 Å². The Bertz CT molecular complexity index is 1000. The van der Waals surface area contributed by atoms with Crippen LogP contribution < -0.4 is 5.32 Å². The number of carbonyl (C=O) groups is 2. The van der Waals surface area contributed by atoms with E-state index in [1.807, 2.05) is 22.9 Å². The Kier molecular flexibility index (Phi) is 6.09. The number of hydrogen-bond acceptors (Lipinski definition) is 4. The third kappa shape index (κ3) is 4.68. The zero-order valence-electron chi connectivity index (χ0n) is 16.4. The number of carbonyl (C=O) groups excluding carboxylic acids is 2. The van der Waals surface area contributed by atoms with Gasteiger partial charge in [0.15, 0.2) is 0 Å². The Labute approximate surface area is 179 Å². The Hall–Kier alpha value is -3.19. The third-order valence-corrected chi connectivity index (χ3v) is 5.47. The molecule has 1 fully saturated rings. The molecular weight excluding hydrogens is 402 g/mol. The highest BCUT2D eigenvalue weighted by molar-refractivity contribution is 6.30. The summed E-state index contributed by atoms with van der Waals surface area (Å²) < 4.78 is 1.82. The van der Waals surface area contributed by atoms with E-state index in [0.717, 1.165) is 24.2 Å². The summed E-state index contributed by atoms with van der Waals surface area (Å²) in [6, 6.07) is 10.7. The number of pyridine rings is 1. The topological polar surface area (TPSA) is 80.1 Å². The number of aromatic nitrogens is 3. The van der Waals surface area contributed by atoms with Gasteiger partial charge in [-0.2, -0.15) is 0 Å². The molecule has 1 aliphatic heterocycles. The second-order valence-corrected chi connectivity index (χ2v) is 7.75. The fourth-order valence-corrected chi connectivity index (χ4v) is 3.68. The lowest BCUT2D eigenvalue weighted by Gasteiger charge is -2.32. The lowest BCUT2D eigenvalue weighted by molar-refractivity contribution is -0.126. The van der Waals surface area contributed by atoms with E-state index < -0.39 is 0 Å². The van der Waals surface area contributed by atoms with Crippen LogP contribution in [0.5, 0.6) is 0 Å². The maximum Gasteiger partial charge on any atom is 0.253 e. The van der Waals surface area contributed by atoms with Gasteiger partial charge in [0.1, 0.15) is 12.1 Å². The van der Waals surface area contributed by atoms with Gasteiger partial charge in [-0.15, -0.1) is 0 Å². The van der Waals surface area contributed by atoms with E-state index in [0.29, 0.717) is 30.2 Å². The van der Waals surface area contributed by atoms with E-state index in [4.69, 9.17) is 11.6 Å². The SMILES string of the molecule is O=C(NCc1ccc(-n2ccnc2)nc1)C1CCCN(C(=O)c2ccc(Cl)cc2)C1. The fraction of sp³-hybridized carbons (Fsp3) is 0.273. The van der Waals surface area contributed by atoms with Crippen molar-refractivity contribution in [1.82, 2.24) is 24.8 Å². The highest BCUT2D eigenvalue weighted by Crippen LogP contribution is 2.20. The number of halogens is 1. The van der Waals surface area contributed by atoms with Crippen LogP contribution >= 0.6 is 11.6 Å². The first-order valence-electron chi connectivity index (χ1n) is 9.86. The maximum atomic E-state index is 12.7. The van der Waals surface area contributed by atoms with Crippen LogP contribution in [0, 0.1) is 5.92 Å². The summed E-state index contributed by atoms with van der Waals surface area (Å²) in [5.41, 5.74) is 1.50. The first kappa shape index (κ1) is 20.1. The van der Waals surface area contributed by atoms with Crippen LogP contribution in [0.4, 0.5) is 0 Å². The van der Waals surface area contributed by atoms with Crippen molar-refractivity contribution in [3.05, 3.63) is 77.5 Å². The summed E-state index contributed by atoms with van der Waals surface area (Å²) >= 11 is 5.90. The smallest absolute Gasteiger partial charge is 0.253 e. The standard InChI is InChI=1S/C22H22ClN5O2/c23-19-6-4-17(5-7-19)22(30)27-10-1-2-18(14-27)21(29)26-13-16-3-8-20(25-12-16)28-11-9-24-15-28/h3-9,11-12,15,18H,1-2,10,13-14H2,(H,26,29). The highest BCUT2D eigenvalue weighted by atomic mass is 35.5. The predicted molar refractivity (Wildman–Crippen MR) is 113 cm³/mol. The summed E-state index contributed by atoms with van der Waals surface area (Å²) in [4.78, 5) is 35.5. The lowest BCUT2D eigenvalue weighted by atomic mass is 9.96. The van der Waals surface area contributed by atoms with Crippen molar-refractivity contribution in [3.8, 4) is 5.82 Å². The first-order valence-corrected chi connectivity index (χ1v) is 10.2. The molecule has 2 aromatic heterocycles. The summed E-state index contributed by atoms with van der Waals surface area (Å²) in [5, 5.41) is 3.57. The molecule has 1 aromatic carbocycles. The number of likely N-dealkylation sites (tertiary alicyclic amines) is 1. The zero-order valence-corrected chi connectivity index (χ0v) is 17.1. The predicted octanol–water partition coefficient (Wildman–Crippen LogP) is 3.09. The molecule has 7 nitrogen and oxygen atoms in total. The number of amides is 2. The molecule has 1 atom stereocenters. The summed E-state index contributed by atoms with van der Waals surface area (Å²) in [7, 11) is 0. The average Bonchev–Trinajstić information content (AvgIpc) is 3.33. The maximum absolute atomic E-state index is 12.7. The highest BCUT2D eigenvalue weighted by Gasteiger charge is 2.28. The molecular formula is C22H22ClN5O2. The van der Waals surface area contributed by atoms with Crippen molar-refractivity contribution in [1.29, 1.82) is 0 Å². The number of imidazole rings is 1. The van der Waals surface area contributed by atoms with E-state index in [1.54, 1.807) is 47.9 Å². The zero-order chi connectivity index (χ0) is 20.9. The molecule has 0 aliphatic carbocycles. The van der Waals surface area contributed by atoms with Gasteiger partial charge in [-0.1, -0.05) is 17.7 Å². The normalized spacial score (nSPS) is 16.3. The fourth-order valence-electron chi connectivity index (χ4n) is 3.55. The van der Waals surface area contributed by atoms with E-state index >= 15 is 0 Å². The molecule has 0 radical (unpaired) electrons. The lowest BCUT2D eigenvalue weighted by Crippen LogP contribution is -2.45. The third-order valence-electron chi connectivity index (χ3n) is 5.22. The van der Waals surface area contributed by atoms with Gasteiger partial charge in [-0.3, -0.25) is 14.2 Å². The van der Waals surface area contributed by atoms with Crippen LogP contribution in [0.1, 0.15) is 28.8 Å². The molecule has 1 saturated heterocycles. The molecule has 0 spiro atoms. The molecule has 0 saturated carbocycles. The second kappa shape index (κ2) is 9.09. The van der Waals surface area contributed by atoms with Crippen molar-refractivity contribution >= 4 is 23.4 Å². The minimum atomic E-state index is -0.215. The molecule has 1 N–H and O–H groups in total. The van der Waals surface area contributed by atoms with Gasteiger partial charge in [0.05, 0.1) is 5.92 Å². The van der Waals surface area contributed by atoms with Crippen LogP contribution in [-0.4, -0.2) is 44.3 Å². The minimum Gasteiger partial charge on any atom is -0.352 e. The number of rotatable bonds is 5. The number of nitrogens with zero attached hydrogens (tertiary/aromatic N) is 4. The minimum absolute atomic E-state index is 0.0395. The largest absolute Gasteiger partial charge is 0.352 e. The van der Waals surface area contributed by atoms with Crippen LogP contribution in [-0.2, 0) is 11.3 Å². The average molecular weight is 424 g/mol. The Balaban J connectivity index is 1.32. The van der Waals surface area contributed by atoms with Gasteiger partial charge in [-0.25, -0.2) is 9.97 Å². The Morgan fingerprint density at radius 1 is 1.17 bits per heavy atom. The molecule has 3 heterocycles. The summed E-state index contributed by atoms with van der Waals surface area (Å²) in [6.07, 6.45) is 8.52. The summed E-state index contributed by atoms with van der Waals surface area (Å²) in [6.45, 7) is 1.48. The van der Waals surface area contributed by atoms with Crippen molar-refractivity contribution in [2.45, 2.75) is 19.4 Å². The molecule has 4 rings (SSSR count). The number of hydrogen-bond donors (Lipinski definition) is 1. The van der Waals surface area contributed by atoms with Gasteiger partial charge in [-0.05, 0) is 48.7 Å². The van der Waals surface area contributed by atoms with E-state index in [9.17, 15) is 9.59 Å². The molecule has 30 heavy (non-hydrogen) atoms. The molecule has 3 aromatic rings. The van der Waals surface area contributed by atoms with Gasteiger partial charge < -0.3 is 10.2 Å². The van der Waals surface area contributed by atoms with Crippen molar-refractivity contribution in [3.63, 3.8) is 0 Å². The van der Waals surface area contributed by atoms with Crippen molar-refractivity contribution in [2.24, 2.45) is 5.92 Å². The van der Waals surface area contributed by atoms with Crippen molar-refractivity contribution < 1.29 is 9.59 Å². The second-order valence-electron chi connectivity index (χ2n) is 7.31. The number of nitrogens with one attached hydrogen (secondary N) is 1. The van der Waals surface area contributed by atoms with Crippen molar-refractivity contribution in [2.75, 3.05) is 13.1 Å². The van der Waals surface area contributed by atoms with Gasteiger partial charge >= 0.3 is 0 Å². The van der Waals surface area contributed by atoms with Gasteiger partial charge in [0.25, 0.3) is 5.91 Å². The monoisotopic (exact) mass is 423 g/mol. The molecule has 8 heteroatoms. The Morgan fingerprint density at radius 2 is 2.00 bits per heavy atom. The van der Waals surface area contributed by atoms with E-state index in [1.165, 1.54) is 0 Å².